The smallest absolute Gasteiger partial charge is 0.328 e. The van der Waals surface area contributed by atoms with Gasteiger partial charge in [-0.1, -0.05) is 12.1 Å². The Balaban J connectivity index is 2.55. The second-order valence-electron chi connectivity index (χ2n) is 4.20. The van der Waals surface area contributed by atoms with E-state index in [2.05, 4.69) is 16.6 Å². The average molecular weight is 272 g/mol. The van der Waals surface area contributed by atoms with Crippen LogP contribution in [0, 0.1) is 12.3 Å². The topological polar surface area (TPSA) is 78.4 Å². The van der Waals surface area contributed by atoms with Crippen molar-refractivity contribution >= 4 is 23.8 Å². The van der Waals surface area contributed by atoms with Gasteiger partial charge >= 0.3 is 12.0 Å². The number of terminal acetylenes is 1. The maximum atomic E-state index is 11.6. The van der Waals surface area contributed by atoms with Crippen LogP contribution >= 0.6 is 0 Å². The first kappa shape index (κ1) is 15.3. The van der Waals surface area contributed by atoms with Gasteiger partial charge in [0.1, 0.15) is 0 Å². The van der Waals surface area contributed by atoms with Crippen LogP contribution in [0.25, 0.3) is 6.08 Å². The number of anilines is 1. The number of carbonyl (C=O) groups is 2. The minimum Gasteiger partial charge on any atom is -0.478 e. The molecule has 0 fully saturated rings. The van der Waals surface area contributed by atoms with Gasteiger partial charge in [-0.05, 0) is 30.7 Å². The summed E-state index contributed by atoms with van der Waals surface area (Å²) >= 11 is 0. The van der Waals surface area contributed by atoms with E-state index in [0.717, 1.165) is 11.6 Å². The summed E-state index contributed by atoms with van der Waals surface area (Å²) < 4.78 is 0. The maximum absolute atomic E-state index is 11.6. The van der Waals surface area contributed by atoms with E-state index in [0.29, 0.717) is 12.1 Å². The van der Waals surface area contributed by atoms with Crippen molar-refractivity contribution in [2.45, 2.75) is 19.4 Å². The lowest BCUT2D eigenvalue weighted by atomic mass is 10.2. The molecule has 0 aliphatic carbocycles. The number of aliphatic carboxylic acids is 1. The van der Waals surface area contributed by atoms with Crippen molar-refractivity contribution < 1.29 is 14.7 Å². The van der Waals surface area contributed by atoms with E-state index >= 15 is 0 Å². The molecule has 1 aromatic carbocycles. The Kier molecular flexibility index (Phi) is 5.85. The molecule has 0 spiro atoms. The van der Waals surface area contributed by atoms with E-state index in [9.17, 15) is 9.59 Å². The Morgan fingerprint density at radius 1 is 1.40 bits per heavy atom. The standard InChI is InChI=1S/C15H16N2O3/c1-3-4-11(2)16-15(20)17-13-8-5-12(6-9-13)7-10-14(18)19/h1,5-11H,4H2,2H3,(H,18,19)(H2,16,17,20)/b10-7+. The second-order valence-corrected chi connectivity index (χ2v) is 4.20. The third-order valence-electron chi connectivity index (χ3n) is 2.39. The van der Waals surface area contributed by atoms with Gasteiger partial charge in [-0.2, -0.15) is 0 Å². The van der Waals surface area contributed by atoms with Crippen molar-refractivity contribution in [3.8, 4) is 12.3 Å². The van der Waals surface area contributed by atoms with Gasteiger partial charge in [0, 0.05) is 24.2 Å². The van der Waals surface area contributed by atoms with Gasteiger partial charge in [0.05, 0.1) is 0 Å². The van der Waals surface area contributed by atoms with Gasteiger partial charge in [0.25, 0.3) is 0 Å². The third kappa shape index (κ3) is 5.74. The average Bonchev–Trinajstić information content (AvgIpc) is 2.37. The van der Waals surface area contributed by atoms with Crippen LogP contribution in [0.15, 0.2) is 30.3 Å². The van der Waals surface area contributed by atoms with E-state index in [1.807, 2.05) is 6.92 Å². The number of hydrogen-bond acceptors (Lipinski definition) is 2. The van der Waals surface area contributed by atoms with Crippen LogP contribution in [0.4, 0.5) is 10.5 Å². The van der Waals surface area contributed by atoms with Gasteiger partial charge < -0.3 is 15.7 Å². The molecule has 0 saturated carbocycles. The van der Waals surface area contributed by atoms with Gasteiger partial charge in [-0.15, -0.1) is 12.3 Å². The number of carboxylic acid groups (broad SMARTS) is 1. The van der Waals surface area contributed by atoms with Gasteiger partial charge in [-0.25, -0.2) is 9.59 Å². The van der Waals surface area contributed by atoms with Crippen LogP contribution in [0.1, 0.15) is 18.9 Å². The molecule has 0 aromatic heterocycles. The molecule has 2 amide bonds. The molecule has 1 rings (SSSR count). The first-order valence-electron chi connectivity index (χ1n) is 6.03. The lowest BCUT2D eigenvalue weighted by molar-refractivity contribution is -0.131. The van der Waals surface area contributed by atoms with Crippen molar-refractivity contribution in [2.75, 3.05) is 5.32 Å². The van der Waals surface area contributed by atoms with E-state index in [1.54, 1.807) is 24.3 Å². The fourth-order valence-corrected chi connectivity index (χ4v) is 1.46. The molecule has 0 radical (unpaired) electrons. The Hall–Kier alpha value is -2.74. The van der Waals surface area contributed by atoms with Crippen LogP contribution in [0.2, 0.25) is 0 Å². The van der Waals surface area contributed by atoms with Crippen molar-refractivity contribution in [3.63, 3.8) is 0 Å². The summed E-state index contributed by atoms with van der Waals surface area (Å²) in [5, 5.41) is 13.9. The Morgan fingerprint density at radius 2 is 2.05 bits per heavy atom. The highest BCUT2D eigenvalue weighted by atomic mass is 16.4. The molecule has 1 atom stereocenters. The van der Waals surface area contributed by atoms with Crippen molar-refractivity contribution in [1.29, 1.82) is 0 Å². The number of urea groups is 1. The predicted octanol–water partition coefficient (Wildman–Crippen LogP) is 2.32. The maximum Gasteiger partial charge on any atom is 0.328 e. The third-order valence-corrected chi connectivity index (χ3v) is 2.39. The molecule has 20 heavy (non-hydrogen) atoms. The molecular formula is C15H16N2O3. The van der Waals surface area contributed by atoms with Crippen LogP contribution in [-0.2, 0) is 4.79 Å². The highest BCUT2D eigenvalue weighted by Gasteiger charge is 2.05. The minimum absolute atomic E-state index is 0.0993. The molecule has 5 nitrogen and oxygen atoms in total. The Bertz CT molecular complexity index is 541. The van der Waals surface area contributed by atoms with E-state index < -0.39 is 5.97 Å². The molecule has 1 aromatic rings. The van der Waals surface area contributed by atoms with Crippen LogP contribution < -0.4 is 10.6 Å². The first-order chi connectivity index (χ1) is 9.51. The summed E-state index contributed by atoms with van der Waals surface area (Å²) in [6.07, 6.45) is 8.14. The van der Waals surface area contributed by atoms with Gasteiger partial charge in [0.15, 0.2) is 0 Å². The highest BCUT2D eigenvalue weighted by Crippen LogP contribution is 2.10. The SMILES string of the molecule is C#CCC(C)NC(=O)Nc1ccc(/C=C/C(=O)O)cc1. The van der Waals surface area contributed by atoms with Crippen LogP contribution in [0.5, 0.6) is 0 Å². The second kappa shape index (κ2) is 7.64. The predicted molar refractivity (Wildman–Crippen MR) is 78.2 cm³/mol. The highest BCUT2D eigenvalue weighted by molar-refractivity contribution is 5.89. The fourth-order valence-electron chi connectivity index (χ4n) is 1.46. The number of carbonyl (C=O) groups excluding carboxylic acids is 1. The summed E-state index contributed by atoms with van der Waals surface area (Å²) in [5.41, 5.74) is 1.35. The summed E-state index contributed by atoms with van der Waals surface area (Å²) in [6.45, 7) is 1.82. The summed E-state index contributed by atoms with van der Waals surface area (Å²) in [4.78, 5) is 22.0. The molecule has 0 bridgehead atoms. The van der Waals surface area contributed by atoms with Crippen molar-refractivity contribution in [1.82, 2.24) is 5.32 Å². The van der Waals surface area contributed by atoms with Crippen molar-refractivity contribution in [2.24, 2.45) is 0 Å². The number of carboxylic acids is 1. The Morgan fingerprint density at radius 3 is 2.60 bits per heavy atom. The summed E-state index contributed by atoms with van der Waals surface area (Å²) in [7, 11) is 0. The lowest BCUT2D eigenvalue weighted by Crippen LogP contribution is -2.35. The fraction of sp³-hybridized carbons (Fsp3) is 0.200. The first-order valence-corrected chi connectivity index (χ1v) is 6.03. The number of amides is 2. The van der Waals surface area contributed by atoms with E-state index in [-0.39, 0.29) is 12.1 Å². The molecule has 0 heterocycles. The van der Waals surface area contributed by atoms with Crippen molar-refractivity contribution in [3.05, 3.63) is 35.9 Å². The zero-order valence-corrected chi connectivity index (χ0v) is 11.1. The molecule has 5 heteroatoms. The number of nitrogens with one attached hydrogen (secondary N) is 2. The molecule has 0 aliphatic heterocycles. The van der Waals surface area contributed by atoms with Crippen LogP contribution in [0.3, 0.4) is 0 Å². The van der Waals surface area contributed by atoms with Gasteiger partial charge in [0.2, 0.25) is 0 Å². The summed E-state index contributed by atoms with van der Waals surface area (Å²) in [6, 6.07) is 6.36. The largest absolute Gasteiger partial charge is 0.478 e. The molecule has 104 valence electrons. The molecule has 0 saturated heterocycles. The lowest BCUT2D eigenvalue weighted by Gasteiger charge is -2.12. The number of benzene rings is 1. The summed E-state index contributed by atoms with van der Waals surface area (Å²) in [5.74, 6) is 1.46. The monoisotopic (exact) mass is 272 g/mol. The zero-order valence-electron chi connectivity index (χ0n) is 11.1. The molecular weight excluding hydrogens is 256 g/mol. The number of rotatable bonds is 5. The van der Waals surface area contributed by atoms with Gasteiger partial charge in [-0.3, -0.25) is 0 Å². The normalized spacial score (nSPS) is 11.6. The van der Waals surface area contributed by atoms with E-state index in [1.165, 1.54) is 6.08 Å². The molecule has 0 aliphatic rings. The quantitative estimate of drug-likeness (QED) is 0.568. The zero-order chi connectivity index (χ0) is 15.0. The van der Waals surface area contributed by atoms with E-state index in [4.69, 9.17) is 11.5 Å². The number of hydrogen-bond donors (Lipinski definition) is 3. The molecule has 3 N–H and O–H groups in total. The van der Waals surface area contributed by atoms with Crippen LogP contribution in [-0.4, -0.2) is 23.1 Å². The minimum atomic E-state index is -1.01. The Labute approximate surface area is 117 Å². The molecule has 1 unspecified atom stereocenters.